The number of halogens is 3. The Bertz CT molecular complexity index is 530. The summed E-state index contributed by atoms with van der Waals surface area (Å²) >= 11 is 0. The number of nitrogens with one attached hydrogen (secondary N) is 1. The van der Waals surface area contributed by atoms with Gasteiger partial charge in [0.05, 0.1) is 17.1 Å². The van der Waals surface area contributed by atoms with Gasteiger partial charge in [0.25, 0.3) is 0 Å². The van der Waals surface area contributed by atoms with E-state index < -0.39 is 33.3 Å². The molecule has 0 spiro atoms. The number of hydrogen-bond donors (Lipinski definition) is 2. The highest BCUT2D eigenvalue weighted by Crippen LogP contribution is 2.29. The summed E-state index contributed by atoms with van der Waals surface area (Å²) in [5.41, 5.74) is -0.832. The second-order valence-electron chi connectivity index (χ2n) is 3.65. The molecule has 100 valence electrons. The van der Waals surface area contributed by atoms with Crippen LogP contribution in [-0.2, 0) is 16.2 Å². The van der Waals surface area contributed by atoms with Gasteiger partial charge >= 0.3 is 6.18 Å². The van der Waals surface area contributed by atoms with Gasteiger partial charge in [-0.25, -0.2) is 13.1 Å². The van der Waals surface area contributed by atoms with Crippen molar-refractivity contribution in [3.8, 4) is 0 Å². The standard InChI is InChI=1S/C9H11BF3NO3S/c10-7-3-6(9(11,12)13)4-8(5-7)18(16,17)14-1-2-15/h3-5,14-15H,1-2,10H2. The Balaban J connectivity index is 3.22. The van der Waals surface area contributed by atoms with Crippen molar-refractivity contribution >= 4 is 23.3 Å². The fraction of sp³-hybridized carbons (Fsp3) is 0.333. The highest BCUT2D eigenvalue weighted by Gasteiger charge is 2.32. The molecule has 0 atom stereocenters. The van der Waals surface area contributed by atoms with E-state index in [1.54, 1.807) is 0 Å². The SMILES string of the molecule is Bc1cc(C(F)(F)F)cc(S(=O)(=O)NCCO)c1. The van der Waals surface area contributed by atoms with Crippen LogP contribution in [0.25, 0.3) is 0 Å². The van der Waals surface area contributed by atoms with E-state index in [-0.39, 0.29) is 12.0 Å². The van der Waals surface area contributed by atoms with Crippen LogP contribution in [0.1, 0.15) is 5.56 Å². The number of rotatable bonds is 4. The monoisotopic (exact) mass is 281 g/mol. The molecule has 0 heterocycles. The Morgan fingerprint density at radius 2 is 1.89 bits per heavy atom. The van der Waals surface area contributed by atoms with Crippen molar-refractivity contribution in [2.45, 2.75) is 11.1 Å². The van der Waals surface area contributed by atoms with Gasteiger partial charge in [-0.05, 0) is 12.1 Å². The van der Waals surface area contributed by atoms with Gasteiger partial charge in [-0.15, -0.1) is 0 Å². The quantitative estimate of drug-likeness (QED) is 0.713. The van der Waals surface area contributed by atoms with Crippen LogP contribution in [0.15, 0.2) is 23.1 Å². The average Bonchev–Trinajstić information content (AvgIpc) is 2.24. The van der Waals surface area contributed by atoms with Crippen molar-refractivity contribution in [3.63, 3.8) is 0 Å². The molecule has 0 unspecified atom stereocenters. The van der Waals surface area contributed by atoms with Gasteiger partial charge in [-0.1, -0.05) is 11.5 Å². The minimum absolute atomic E-state index is 0.189. The third-order valence-corrected chi connectivity index (χ3v) is 3.53. The molecule has 9 heteroatoms. The minimum atomic E-state index is -4.60. The predicted molar refractivity (Wildman–Crippen MR) is 61.9 cm³/mol. The summed E-state index contributed by atoms with van der Waals surface area (Å²) in [5, 5.41) is 8.51. The van der Waals surface area contributed by atoms with Gasteiger partial charge in [-0.3, -0.25) is 0 Å². The summed E-state index contributed by atoms with van der Waals surface area (Å²) in [5.74, 6) is 0. The Labute approximate surface area is 103 Å². The van der Waals surface area contributed by atoms with Gasteiger partial charge in [-0.2, -0.15) is 13.2 Å². The fourth-order valence-electron chi connectivity index (χ4n) is 1.33. The zero-order chi connectivity index (χ0) is 14.0. The van der Waals surface area contributed by atoms with E-state index in [9.17, 15) is 21.6 Å². The third-order valence-electron chi connectivity index (χ3n) is 2.09. The molecule has 0 saturated heterocycles. The maximum absolute atomic E-state index is 12.5. The highest BCUT2D eigenvalue weighted by molar-refractivity contribution is 7.89. The van der Waals surface area contributed by atoms with Crippen LogP contribution in [0.2, 0.25) is 0 Å². The molecule has 18 heavy (non-hydrogen) atoms. The van der Waals surface area contributed by atoms with Crippen molar-refractivity contribution < 1.29 is 26.7 Å². The first-order valence-electron chi connectivity index (χ1n) is 4.96. The number of hydrogen-bond acceptors (Lipinski definition) is 3. The van der Waals surface area contributed by atoms with Gasteiger partial charge < -0.3 is 5.11 Å². The molecule has 1 aromatic carbocycles. The second kappa shape index (κ2) is 5.29. The van der Waals surface area contributed by atoms with E-state index in [2.05, 4.69) is 0 Å². The molecule has 0 bridgehead atoms. The zero-order valence-corrected chi connectivity index (χ0v) is 10.3. The third kappa shape index (κ3) is 3.72. The molecule has 1 aromatic rings. The van der Waals surface area contributed by atoms with Crippen LogP contribution in [0.4, 0.5) is 13.2 Å². The lowest BCUT2D eigenvalue weighted by Gasteiger charge is -2.11. The summed E-state index contributed by atoms with van der Waals surface area (Å²) in [6.07, 6.45) is -4.60. The summed E-state index contributed by atoms with van der Waals surface area (Å²) in [4.78, 5) is -0.469. The fourth-order valence-corrected chi connectivity index (χ4v) is 2.48. The molecule has 4 nitrogen and oxygen atoms in total. The van der Waals surface area contributed by atoms with Crippen molar-refractivity contribution in [1.82, 2.24) is 4.72 Å². The molecule has 0 saturated carbocycles. The van der Waals surface area contributed by atoms with Gasteiger partial charge in [0, 0.05) is 6.54 Å². The van der Waals surface area contributed by atoms with Crippen LogP contribution in [0.5, 0.6) is 0 Å². The number of benzene rings is 1. The first-order chi connectivity index (χ1) is 8.16. The lowest BCUT2D eigenvalue weighted by atomic mass is 9.94. The average molecular weight is 281 g/mol. The molecule has 0 fully saturated rings. The van der Waals surface area contributed by atoms with Crippen LogP contribution in [-0.4, -0.2) is 34.5 Å². The Hall–Kier alpha value is -1.06. The molecule has 2 N–H and O–H groups in total. The predicted octanol–water partition coefficient (Wildman–Crippen LogP) is -0.766. The summed E-state index contributed by atoms with van der Waals surface area (Å²) < 4.78 is 62.9. The topological polar surface area (TPSA) is 66.4 Å². The van der Waals surface area contributed by atoms with E-state index in [4.69, 9.17) is 5.11 Å². The first kappa shape index (κ1) is 15.0. The molecular weight excluding hydrogens is 270 g/mol. The van der Waals surface area contributed by atoms with Crippen molar-refractivity contribution in [1.29, 1.82) is 0 Å². The molecule has 0 radical (unpaired) electrons. The van der Waals surface area contributed by atoms with E-state index in [1.165, 1.54) is 7.85 Å². The maximum atomic E-state index is 12.5. The van der Waals surface area contributed by atoms with E-state index >= 15 is 0 Å². The van der Waals surface area contributed by atoms with Crippen LogP contribution >= 0.6 is 0 Å². The highest BCUT2D eigenvalue weighted by atomic mass is 32.2. The Kier molecular flexibility index (Phi) is 4.41. The van der Waals surface area contributed by atoms with Gasteiger partial charge in [0.15, 0.2) is 0 Å². The van der Waals surface area contributed by atoms with Crippen LogP contribution in [0.3, 0.4) is 0 Å². The number of aliphatic hydroxyl groups excluding tert-OH is 1. The summed E-state index contributed by atoms with van der Waals surface area (Å²) in [6.45, 7) is -0.686. The molecule has 0 aliphatic heterocycles. The molecule has 0 amide bonds. The molecular formula is C9H11BF3NO3S. The zero-order valence-electron chi connectivity index (χ0n) is 9.45. The minimum Gasteiger partial charge on any atom is -0.395 e. The van der Waals surface area contributed by atoms with E-state index in [0.29, 0.717) is 6.07 Å². The number of alkyl halides is 3. The second-order valence-corrected chi connectivity index (χ2v) is 5.42. The van der Waals surface area contributed by atoms with Crippen molar-refractivity contribution in [3.05, 3.63) is 23.8 Å². The van der Waals surface area contributed by atoms with E-state index in [0.717, 1.165) is 12.1 Å². The molecule has 0 aromatic heterocycles. The maximum Gasteiger partial charge on any atom is 0.416 e. The Morgan fingerprint density at radius 1 is 1.28 bits per heavy atom. The van der Waals surface area contributed by atoms with Gasteiger partial charge in [0.2, 0.25) is 10.0 Å². The lowest BCUT2D eigenvalue weighted by molar-refractivity contribution is -0.137. The normalized spacial score (nSPS) is 12.7. The van der Waals surface area contributed by atoms with E-state index in [1.807, 2.05) is 4.72 Å². The first-order valence-corrected chi connectivity index (χ1v) is 6.44. The van der Waals surface area contributed by atoms with Gasteiger partial charge in [0.1, 0.15) is 7.85 Å². The Morgan fingerprint density at radius 3 is 2.39 bits per heavy atom. The molecule has 0 aliphatic carbocycles. The van der Waals surface area contributed by atoms with Crippen molar-refractivity contribution in [2.24, 2.45) is 0 Å². The number of sulfonamides is 1. The van der Waals surface area contributed by atoms with Crippen LogP contribution < -0.4 is 10.2 Å². The largest absolute Gasteiger partial charge is 0.416 e. The summed E-state index contributed by atoms with van der Waals surface area (Å²) in [7, 11) is -2.66. The summed E-state index contributed by atoms with van der Waals surface area (Å²) in [6, 6.07) is 2.56. The smallest absolute Gasteiger partial charge is 0.395 e. The molecule has 1 rings (SSSR count). The van der Waals surface area contributed by atoms with Crippen LogP contribution in [0, 0.1) is 0 Å². The number of aliphatic hydroxyl groups is 1. The van der Waals surface area contributed by atoms with Crippen molar-refractivity contribution in [2.75, 3.05) is 13.2 Å². The lowest BCUT2D eigenvalue weighted by Crippen LogP contribution is -2.28. The molecule has 0 aliphatic rings.